The predicted molar refractivity (Wildman–Crippen MR) is 115 cm³/mol. The monoisotopic (exact) mass is 534 g/mol. The second kappa shape index (κ2) is 11.3. The lowest BCUT2D eigenvalue weighted by Crippen LogP contribution is -2.38. The third-order valence-corrected chi connectivity index (χ3v) is 5.46. The fraction of sp³-hybridized carbons (Fsp3) is 0.429. The molecule has 0 aromatic heterocycles. The third kappa shape index (κ3) is 6.34. The highest BCUT2D eigenvalue weighted by atomic mass is 79.9. The number of nitro groups is 1. The van der Waals surface area contributed by atoms with E-state index in [0.29, 0.717) is 6.42 Å². The molecule has 8 nitrogen and oxygen atoms in total. The second-order valence-electron chi connectivity index (χ2n) is 7.11. The number of nitro benzene ring substituents is 1. The minimum absolute atomic E-state index is 0.0215. The number of nitrogens with zero attached hydrogens (tertiary/aromatic N) is 1. The normalized spacial score (nSPS) is 16.4. The summed E-state index contributed by atoms with van der Waals surface area (Å²) < 4.78 is 51.3. The van der Waals surface area contributed by atoms with Crippen molar-refractivity contribution in [3.05, 3.63) is 62.5 Å². The molecule has 0 saturated carbocycles. The molecule has 1 aliphatic heterocycles. The van der Waals surface area contributed by atoms with Crippen molar-refractivity contribution in [2.24, 2.45) is 0 Å². The number of hydrogen-bond acceptors (Lipinski definition) is 7. The van der Waals surface area contributed by atoms with E-state index in [-0.39, 0.29) is 23.4 Å². The van der Waals surface area contributed by atoms with Crippen LogP contribution in [0.2, 0.25) is 0 Å². The second-order valence-corrected chi connectivity index (χ2v) is 7.91. The highest BCUT2D eigenvalue weighted by Gasteiger charge is 2.47. The summed E-state index contributed by atoms with van der Waals surface area (Å²) in [5.41, 5.74) is -3.21. The van der Waals surface area contributed by atoms with Crippen molar-refractivity contribution >= 4 is 33.6 Å². The van der Waals surface area contributed by atoms with Gasteiger partial charge in [-0.1, -0.05) is 28.1 Å². The Morgan fingerprint density at radius 1 is 1.18 bits per heavy atom. The average Bonchev–Trinajstić information content (AvgIpc) is 2.76. The fourth-order valence-electron chi connectivity index (χ4n) is 3.42. The lowest BCUT2D eigenvalue weighted by molar-refractivity contribution is -0.384. The van der Waals surface area contributed by atoms with Gasteiger partial charge in [0.25, 0.3) is 5.69 Å². The molecule has 0 aliphatic carbocycles. The van der Waals surface area contributed by atoms with Crippen molar-refractivity contribution in [3.63, 3.8) is 0 Å². The average molecular weight is 535 g/mol. The van der Waals surface area contributed by atoms with Crippen LogP contribution in [0.25, 0.3) is 0 Å². The van der Waals surface area contributed by atoms with E-state index in [4.69, 9.17) is 4.74 Å². The van der Waals surface area contributed by atoms with E-state index in [1.807, 2.05) is 0 Å². The Labute approximate surface area is 196 Å². The van der Waals surface area contributed by atoms with Crippen LogP contribution in [0, 0.1) is 10.1 Å². The maximum atomic E-state index is 13.8. The standard InChI is InChI=1S/C21H22BrF3N2O6/c1-12-15(20(29)33-10-5-3-4-9-22)16(13-7-6-8-14(11-13)27(30)31)17(19(28)32-2)18(26-12)21(23,24)25/h6-8,11,16,26H,3-5,9-10H2,1-2H3. The molecule has 0 amide bonds. The zero-order valence-corrected chi connectivity index (χ0v) is 19.4. The van der Waals surface area contributed by atoms with Crippen molar-refractivity contribution in [2.75, 3.05) is 19.0 Å². The molecule has 1 heterocycles. The van der Waals surface area contributed by atoms with Gasteiger partial charge in [-0.05, 0) is 31.7 Å². The van der Waals surface area contributed by atoms with Crippen LogP contribution in [0.4, 0.5) is 18.9 Å². The van der Waals surface area contributed by atoms with Crippen LogP contribution in [-0.2, 0) is 19.1 Å². The van der Waals surface area contributed by atoms with Crippen LogP contribution < -0.4 is 5.32 Å². The predicted octanol–water partition coefficient (Wildman–Crippen LogP) is 4.65. The van der Waals surface area contributed by atoms with Gasteiger partial charge in [-0.15, -0.1) is 0 Å². The summed E-state index contributed by atoms with van der Waals surface area (Å²) in [7, 11) is 0.904. The molecule has 180 valence electrons. The van der Waals surface area contributed by atoms with Gasteiger partial charge in [0.15, 0.2) is 0 Å². The van der Waals surface area contributed by atoms with Gasteiger partial charge in [0.05, 0.1) is 35.7 Å². The smallest absolute Gasteiger partial charge is 0.431 e. The maximum absolute atomic E-state index is 13.8. The van der Waals surface area contributed by atoms with Crippen LogP contribution >= 0.6 is 15.9 Å². The molecular weight excluding hydrogens is 513 g/mol. The number of non-ortho nitro benzene ring substituents is 1. The summed E-state index contributed by atoms with van der Waals surface area (Å²) in [4.78, 5) is 36.0. The lowest BCUT2D eigenvalue weighted by atomic mass is 9.80. The fourth-order valence-corrected chi connectivity index (χ4v) is 3.82. The molecule has 0 bridgehead atoms. The van der Waals surface area contributed by atoms with Gasteiger partial charge in [0, 0.05) is 23.2 Å². The molecule has 0 saturated heterocycles. The molecule has 0 radical (unpaired) electrons. The van der Waals surface area contributed by atoms with Gasteiger partial charge in [0.1, 0.15) is 5.70 Å². The molecule has 1 unspecified atom stereocenters. The number of nitrogens with one attached hydrogen (secondary N) is 1. The third-order valence-electron chi connectivity index (χ3n) is 4.90. The summed E-state index contributed by atoms with van der Waals surface area (Å²) in [5.74, 6) is -3.86. The Bertz CT molecular complexity index is 990. The van der Waals surface area contributed by atoms with Gasteiger partial charge in [-0.25, -0.2) is 9.59 Å². The van der Waals surface area contributed by atoms with Crippen molar-refractivity contribution in [1.82, 2.24) is 5.32 Å². The Morgan fingerprint density at radius 2 is 1.88 bits per heavy atom. The number of carbonyl (C=O) groups is 2. The Morgan fingerprint density at radius 3 is 2.45 bits per heavy atom. The number of allylic oxidation sites excluding steroid dienone is 2. The first-order valence-corrected chi connectivity index (χ1v) is 11.0. The molecule has 1 aromatic rings. The number of halogens is 4. The number of alkyl halides is 4. The molecule has 1 aromatic carbocycles. The molecule has 2 rings (SSSR count). The molecule has 1 atom stereocenters. The zero-order valence-electron chi connectivity index (χ0n) is 17.8. The van der Waals surface area contributed by atoms with E-state index in [9.17, 15) is 32.9 Å². The minimum Gasteiger partial charge on any atom is -0.466 e. The number of hydrogen-bond donors (Lipinski definition) is 1. The van der Waals surface area contributed by atoms with Crippen molar-refractivity contribution in [2.45, 2.75) is 38.3 Å². The van der Waals surface area contributed by atoms with Crippen LogP contribution in [0.5, 0.6) is 0 Å². The number of dihydropyridines is 1. The number of unbranched alkanes of at least 4 members (excludes halogenated alkanes) is 2. The number of esters is 2. The largest absolute Gasteiger partial charge is 0.466 e. The van der Waals surface area contributed by atoms with Gasteiger partial charge >= 0.3 is 18.1 Å². The van der Waals surface area contributed by atoms with E-state index >= 15 is 0 Å². The van der Waals surface area contributed by atoms with E-state index in [0.717, 1.165) is 37.4 Å². The quantitative estimate of drug-likeness (QED) is 0.161. The zero-order chi connectivity index (χ0) is 24.8. The first-order chi connectivity index (χ1) is 15.5. The highest BCUT2D eigenvalue weighted by Crippen LogP contribution is 2.43. The Balaban J connectivity index is 2.62. The van der Waals surface area contributed by atoms with Gasteiger partial charge in [-0.3, -0.25) is 10.1 Å². The van der Waals surface area contributed by atoms with E-state index in [1.54, 1.807) is 0 Å². The molecule has 0 fully saturated rings. The number of rotatable bonds is 9. The first kappa shape index (κ1) is 26.4. The van der Waals surface area contributed by atoms with E-state index in [2.05, 4.69) is 26.0 Å². The number of benzene rings is 1. The highest BCUT2D eigenvalue weighted by molar-refractivity contribution is 9.09. The maximum Gasteiger partial charge on any atom is 0.431 e. The lowest BCUT2D eigenvalue weighted by Gasteiger charge is -2.31. The Hall–Kier alpha value is -2.89. The summed E-state index contributed by atoms with van der Waals surface area (Å²) in [5, 5.41) is 14.1. The summed E-state index contributed by atoms with van der Waals surface area (Å²) in [6.45, 7) is 1.26. The van der Waals surface area contributed by atoms with E-state index < -0.39 is 45.9 Å². The molecule has 0 spiro atoms. The Kier molecular flexibility index (Phi) is 9.03. The first-order valence-electron chi connectivity index (χ1n) is 9.87. The van der Waals surface area contributed by atoms with Crippen LogP contribution in [0.1, 0.15) is 37.7 Å². The van der Waals surface area contributed by atoms with Crippen LogP contribution in [0.15, 0.2) is 46.8 Å². The summed E-state index contributed by atoms with van der Waals surface area (Å²) >= 11 is 3.29. The summed E-state index contributed by atoms with van der Waals surface area (Å²) in [6.07, 6.45) is -2.85. The minimum atomic E-state index is -4.99. The number of methoxy groups -OCH3 is 1. The van der Waals surface area contributed by atoms with Gasteiger partial charge in [0.2, 0.25) is 0 Å². The molecule has 12 heteroatoms. The van der Waals surface area contributed by atoms with Crippen molar-refractivity contribution in [1.29, 1.82) is 0 Å². The molecule has 1 N–H and O–H groups in total. The molecular formula is C21H22BrF3N2O6. The SMILES string of the molecule is COC(=O)C1=C(C(F)(F)F)NC(C)=C(C(=O)OCCCCCBr)C1c1cccc([N+](=O)[O-])c1. The van der Waals surface area contributed by atoms with Gasteiger partial charge in [-0.2, -0.15) is 13.2 Å². The number of ether oxygens (including phenoxy) is 2. The van der Waals surface area contributed by atoms with Crippen LogP contribution in [0.3, 0.4) is 0 Å². The number of carbonyl (C=O) groups excluding carboxylic acids is 2. The van der Waals surface area contributed by atoms with E-state index in [1.165, 1.54) is 19.1 Å². The topological polar surface area (TPSA) is 108 Å². The molecule has 1 aliphatic rings. The van der Waals surface area contributed by atoms with Gasteiger partial charge < -0.3 is 14.8 Å². The summed E-state index contributed by atoms with van der Waals surface area (Å²) in [6, 6.07) is 4.73. The van der Waals surface area contributed by atoms with Crippen molar-refractivity contribution in [3.8, 4) is 0 Å². The molecule has 33 heavy (non-hydrogen) atoms. The van der Waals surface area contributed by atoms with Crippen molar-refractivity contribution < 1.29 is 37.2 Å². The van der Waals surface area contributed by atoms with Crippen LogP contribution in [-0.4, -0.2) is 42.1 Å².